The van der Waals surface area contributed by atoms with E-state index in [0.29, 0.717) is 5.02 Å². The molecule has 2 heteroatoms. The Morgan fingerprint density at radius 1 is 1.05 bits per heavy atom. The normalized spacial score (nSPS) is 13.2. The summed E-state index contributed by atoms with van der Waals surface area (Å²) < 4.78 is 0. The molecule has 0 aliphatic heterocycles. The zero-order valence-corrected chi connectivity index (χ0v) is 13.9. The van der Waals surface area contributed by atoms with Gasteiger partial charge in [0.25, 0.3) is 0 Å². The summed E-state index contributed by atoms with van der Waals surface area (Å²) in [6, 6.07) is 13.9. The van der Waals surface area contributed by atoms with Crippen molar-refractivity contribution in [1.29, 1.82) is 0 Å². The van der Waals surface area contributed by atoms with Crippen LogP contribution in [0.25, 0.3) is 0 Å². The summed E-state index contributed by atoms with van der Waals surface area (Å²) in [5.74, 6) is 0. The summed E-state index contributed by atoms with van der Waals surface area (Å²) >= 11 is 6.14. The van der Waals surface area contributed by atoms with Crippen molar-refractivity contribution in [2.45, 2.75) is 45.6 Å². The van der Waals surface area contributed by atoms with Gasteiger partial charge in [-0.2, -0.15) is 0 Å². The van der Waals surface area contributed by atoms with Crippen molar-refractivity contribution >= 4 is 11.6 Å². The van der Waals surface area contributed by atoms with Gasteiger partial charge in [0.2, 0.25) is 0 Å². The minimum atomic E-state index is -0.637. The largest absolute Gasteiger partial charge is 0.384 e. The summed E-state index contributed by atoms with van der Waals surface area (Å²) in [6.45, 7) is 8.62. The van der Waals surface area contributed by atoms with Crippen molar-refractivity contribution in [1.82, 2.24) is 0 Å². The van der Waals surface area contributed by atoms with E-state index in [4.69, 9.17) is 11.6 Å². The van der Waals surface area contributed by atoms with Gasteiger partial charge in [-0.15, -0.1) is 0 Å². The van der Waals surface area contributed by atoms with E-state index < -0.39 is 6.10 Å². The highest BCUT2D eigenvalue weighted by molar-refractivity contribution is 6.31. The van der Waals surface area contributed by atoms with Crippen LogP contribution in [-0.4, -0.2) is 5.11 Å². The summed E-state index contributed by atoms with van der Waals surface area (Å²) in [5, 5.41) is 11.2. The fourth-order valence-electron chi connectivity index (χ4n) is 2.29. The molecule has 1 unspecified atom stereocenters. The Kier molecular flexibility index (Phi) is 4.75. The molecule has 2 aromatic carbocycles. The zero-order chi connectivity index (χ0) is 15.6. The van der Waals surface area contributed by atoms with E-state index in [1.54, 1.807) is 0 Å². The van der Waals surface area contributed by atoms with Crippen molar-refractivity contribution in [3.63, 3.8) is 0 Å². The molecule has 0 aliphatic rings. The van der Waals surface area contributed by atoms with Crippen LogP contribution in [0.1, 0.15) is 55.5 Å². The number of halogens is 1. The number of aliphatic hydroxyl groups is 1. The third kappa shape index (κ3) is 3.48. The lowest BCUT2D eigenvalue weighted by Gasteiger charge is -2.24. The van der Waals surface area contributed by atoms with E-state index in [1.165, 1.54) is 5.56 Å². The first-order chi connectivity index (χ1) is 9.85. The number of aliphatic hydroxyl groups excluding tert-OH is 1. The topological polar surface area (TPSA) is 20.2 Å². The van der Waals surface area contributed by atoms with Crippen LogP contribution in [0.4, 0.5) is 0 Å². The fraction of sp³-hybridized carbons (Fsp3) is 0.368. The van der Waals surface area contributed by atoms with E-state index in [1.807, 2.05) is 37.3 Å². The second-order valence-electron chi connectivity index (χ2n) is 6.27. The van der Waals surface area contributed by atoms with Crippen molar-refractivity contribution in [2.24, 2.45) is 0 Å². The Morgan fingerprint density at radius 3 is 2.14 bits per heavy atom. The molecular weight excluding hydrogens is 280 g/mol. The second-order valence-corrected chi connectivity index (χ2v) is 6.68. The maximum atomic E-state index is 10.5. The van der Waals surface area contributed by atoms with Gasteiger partial charge < -0.3 is 5.11 Å². The first-order valence-electron chi connectivity index (χ1n) is 7.39. The van der Waals surface area contributed by atoms with Gasteiger partial charge in [0.05, 0.1) is 0 Å². The molecule has 0 bridgehead atoms. The minimum Gasteiger partial charge on any atom is -0.384 e. The average Bonchev–Trinajstić information content (AvgIpc) is 2.49. The Hall–Kier alpha value is -1.31. The van der Waals surface area contributed by atoms with Crippen LogP contribution in [0.5, 0.6) is 0 Å². The number of hydrogen-bond acceptors (Lipinski definition) is 1. The van der Waals surface area contributed by atoms with Crippen LogP contribution in [0.3, 0.4) is 0 Å². The molecule has 0 fully saturated rings. The lowest BCUT2D eigenvalue weighted by atomic mass is 9.81. The average molecular weight is 303 g/mol. The van der Waals surface area contributed by atoms with E-state index in [-0.39, 0.29) is 5.41 Å². The molecule has 0 aromatic heterocycles. The van der Waals surface area contributed by atoms with E-state index in [2.05, 4.69) is 32.9 Å². The molecule has 1 atom stereocenters. The molecule has 1 N–H and O–H groups in total. The van der Waals surface area contributed by atoms with Crippen LogP contribution >= 0.6 is 11.6 Å². The molecule has 112 valence electrons. The predicted octanol–water partition coefficient (Wildman–Crippen LogP) is 5.42. The second kappa shape index (κ2) is 6.21. The van der Waals surface area contributed by atoms with E-state index in [9.17, 15) is 5.11 Å². The Labute approximate surface area is 132 Å². The van der Waals surface area contributed by atoms with Crippen molar-refractivity contribution in [3.05, 3.63) is 69.7 Å². The summed E-state index contributed by atoms with van der Waals surface area (Å²) in [5.41, 5.74) is 4.20. The van der Waals surface area contributed by atoms with Gasteiger partial charge in [-0.25, -0.2) is 0 Å². The molecule has 0 saturated carbocycles. The third-order valence-electron chi connectivity index (χ3n) is 4.40. The van der Waals surface area contributed by atoms with Crippen LogP contribution in [0.15, 0.2) is 42.5 Å². The van der Waals surface area contributed by atoms with Crippen LogP contribution < -0.4 is 0 Å². The van der Waals surface area contributed by atoms with Crippen molar-refractivity contribution in [3.8, 4) is 0 Å². The number of hydrogen-bond donors (Lipinski definition) is 1. The Balaban J connectivity index is 2.27. The van der Waals surface area contributed by atoms with Gasteiger partial charge in [-0.1, -0.05) is 68.8 Å². The van der Waals surface area contributed by atoms with E-state index in [0.717, 1.165) is 23.1 Å². The maximum Gasteiger partial charge on any atom is 0.104 e. The smallest absolute Gasteiger partial charge is 0.104 e. The molecule has 0 amide bonds. The quantitative estimate of drug-likeness (QED) is 0.799. The zero-order valence-electron chi connectivity index (χ0n) is 13.2. The van der Waals surface area contributed by atoms with Gasteiger partial charge in [0, 0.05) is 5.02 Å². The Bertz CT molecular complexity index is 614. The summed E-state index contributed by atoms with van der Waals surface area (Å²) in [4.78, 5) is 0. The highest BCUT2D eigenvalue weighted by atomic mass is 35.5. The molecule has 0 heterocycles. The van der Waals surface area contributed by atoms with Gasteiger partial charge in [-0.3, -0.25) is 0 Å². The lowest BCUT2D eigenvalue weighted by molar-refractivity contribution is 0.220. The van der Waals surface area contributed by atoms with Gasteiger partial charge >= 0.3 is 0 Å². The van der Waals surface area contributed by atoms with Crippen LogP contribution in [-0.2, 0) is 5.41 Å². The molecule has 0 radical (unpaired) electrons. The standard InChI is InChI=1S/C19H23ClO/c1-5-19(3,4)16-10-8-14(9-11-16)18(21)15-7-6-13(2)17(20)12-15/h6-12,18,21H,5H2,1-4H3. The molecule has 2 aromatic rings. The van der Waals surface area contributed by atoms with E-state index >= 15 is 0 Å². The highest BCUT2D eigenvalue weighted by Gasteiger charge is 2.18. The molecule has 2 rings (SSSR count). The predicted molar refractivity (Wildman–Crippen MR) is 90.0 cm³/mol. The van der Waals surface area contributed by atoms with Gasteiger partial charge in [-0.05, 0) is 47.1 Å². The number of rotatable bonds is 4. The molecule has 21 heavy (non-hydrogen) atoms. The SMILES string of the molecule is CCC(C)(C)c1ccc(C(O)c2ccc(C)c(Cl)c2)cc1. The molecule has 0 aliphatic carbocycles. The number of aryl methyl sites for hydroxylation is 1. The highest BCUT2D eigenvalue weighted by Crippen LogP contribution is 2.30. The van der Waals surface area contributed by atoms with Crippen LogP contribution in [0, 0.1) is 6.92 Å². The van der Waals surface area contributed by atoms with Crippen LogP contribution in [0.2, 0.25) is 5.02 Å². The number of benzene rings is 2. The van der Waals surface area contributed by atoms with Gasteiger partial charge in [0.15, 0.2) is 0 Å². The third-order valence-corrected chi connectivity index (χ3v) is 4.81. The summed E-state index contributed by atoms with van der Waals surface area (Å²) in [7, 11) is 0. The Morgan fingerprint density at radius 2 is 1.62 bits per heavy atom. The maximum absolute atomic E-state index is 10.5. The molecule has 1 nitrogen and oxygen atoms in total. The monoisotopic (exact) mass is 302 g/mol. The summed E-state index contributed by atoms with van der Waals surface area (Å²) in [6.07, 6.45) is 0.449. The molecule has 0 spiro atoms. The van der Waals surface area contributed by atoms with Crippen molar-refractivity contribution < 1.29 is 5.11 Å². The van der Waals surface area contributed by atoms with Gasteiger partial charge in [0.1, 0.15) is 6.10 Å². The minimum absolute atomic E-state index is 0.163. The lowest BCUT2D eigenvalue weighted by Crippen LogP contribution is -2.15. The molecule has 0 saturated heterocycles. The molecular formula is C19H23ClO. The first-order valence-corrected chi connectivity index (χ1v) is 7.77. The van der Waals surface area contributed by atoms with Crippen molar-refractivity contribution in [2.75, 3.05) is 0 Å². The fourth-order valence-corrected chi connectivity index (χ4v) is 2.48. The first kappa shape index (κ1) is 16.1.